The number of benzene rings is 2. The molecule has 0 saturated carbocycles. The van der Waals surface area contributed by atoms with Crippen molar-refractivity contribution >= 4 is 6.08 Å². The lowest BCUT2D eigenvalue weighted by Gasteiger charge is -2.24. The second kappa shape index (κ2) is 6.12. The quantitative estimate of drug-likeness (QED) is 0.857. The van der Waals surface area contributed by atoms with Crippen molar-refractivity contribution in [2.24, 2.45) is 0 Å². The second-order valence-corrected chi connectivity index (χ2v) is 4.84. The summed E-state index contributed by atoms with van der Waals surface area (Å²) in [7, 11) is 1.66. The van der Waals surface area contributed by atoms with Crippen LogP contribution in [0, 0.1) is 0 Å². The molecule has 2 aromatic carbocycles. The Balaban J connectivity index is 1.86. The van der Waals surface area contributed by atoms with Gasteiger partial charge in [0, 0.05) is 5.56 Å². The molecule has 3 nitrogen and oxygen atoms in total. The van der Waals surface area contributed by atoms with Crippen LogP contribution in [0.3, 0.4) is 0 Å². The first-order valence-electron chi connectivity index (χ1n) is 6.99. The highest BCUT2D eigenvalue weighted by atomic mass is 16.7. The molecule has 1 heterocycles. The fourth-order valence-corrected chi connectivity index (χ4v) is 2.38. The Morgan fingerprint density at radius 2 is 1.62 bits per heavy atom. The highest BCUT2D eigenvalue weighted by molar-refractivity contribution is 5.52. The first-order valence-corrected chi connectivity index (χ1v) is 6.99. The van der Waals surface area contributed by atoms with Gasteiger partial charge in [-0.15, -0.1) is 0 Å². The number of rotatable bonds is 4. The van der Waals surface area contributed by atoms with E-state index >= 15 is 0 Å². The van der Waals surface area contributed by atoms with Crippen molar-refractivity contribution in [2.75, 3.05) is 20.3 Å². The summed E-state index contributed by atoms with van der Waals surface area (Å²) in [6.45, 7) is 1.20. The van der Waals surface area contributed by atoms with Crippen molar-refractivity contribution in [3.05, 3.63) is 71.8 Å². The molecule has 0 spiro atoms. The topological polar surface area (TPSA) is 27.7 Å². The van der Waals surface area contributed by atoms with E-state index in [1.807, 2.05) is 66.7 Å². The first-order chi connectivity index (χ1) is 10.3. The Hall–Kier alpha value is -2.10. The Morgan fingerprint density at radius 3 is 2.24 bits per heavy atom. The van der Waals surface area contributed by atoms with Gasteiger partial charge >= 0.3 is 0 Å². The standard InChI is InChI=1S/C18H18O3/c1-19-17-9-7-15(8-10-17)11-12-18(20-13-14-21-18)16-5-3-2-4-6-16/h2-12H,13-14H2,1H3/b12-11+. The smallest absolute Gasteiger partial charge is 0.215 e. The largest absolute Gasteiger partial charge is 0.497 e. The molecule has 0 radical (unpaired) electrons. The maximum atomic E-state index is 5.86. The van der Waals surface area contributed by atoms with E-state index in [9.17, 15) is 0 Å². The van der Waals surface area contributed by atoms with Crippen molar-refractivity contribution in [3.63, 3.8) is 0 Å². The van der Waals surface area contributed by atoms with Crippen LogP contribution in [0.1, 0.15) is 11.1 Å². The summed E-state index contributed by atoms with van der Waals surface area (Å²) in [5.41, 5.74) is 2.08. The summed E-state index contributed by atoms with van der Waals surface area (Å²) in [6.07, 6.45) is 3.98. The van der Waals surface area contributed by atoms with E-state index in [1.165, 1.54) is 0 Å². The molecule has 3 rings (SSSR count). The molecule has 1 saturated heterocycles. The van der Waals surface area contributed by atoms with Gasteiger partial charge < -0.3 is 14.2 Å². The first kappa shape index (κ1) is 13.9. The van der Waals surface area contributed by atoms with E-state index in [0.29, 0.717) is 13.2 Å². The van der Waals surface area contributed by atoms with E-state index in [2.05, 4.69) is 0 Å². The lowest BCUT2D eigenvalue weighted by atomic mass is 10.0. The van der Waals surface area contributed by atoms with Crippen LogP contribution in [0.4, 0.5) is 0 Å². The molecular weight excluding hydrogens is 264 g/mol. The van der Waals surface area contributed by atoms with Crippen molar-refractivity contribution in [1.29, 1.82) is 0 Å². The number of hydrogen-bond acceptors (Lipinski definition) is 3. The summed E-state index contributed by atoms with van der Waals surface area (Å²) in [5.74, 6) is 0.0690. The van der Waals surface area contributed by atoms with Gasteiger partial charge in [-0.1, -0.05) is 48.5 Å². The second-order valence-electron chi connectivity index (χ2n) is 4.84. The third kappa shape index (κ3) is 2.99. The van der Waals surface area contributed by atoms with Gasteiger partial charge in [-0.05, 0) is 23.8 Å². The lowest BCUT2D eigenvalue weighted by molar-refractivity contribution is -0.122. The summed E-state index contributed by atoms with van der Waals surface area (Å²) >= 11 is 0. The van der Waals surface area contributed by atoms with Crippen LogP contribution in [0.5, 0.6) is 5.75 Å². The van der Waals surface area contributed by atoms with Gasteiger partial charge in [0.2, 0.25) is 5.79 Å². The highest BCUT2D eigenvalue weighted by Gasteiger charge is 2.35. The molecule has 3 heteroatoms. The zero-order valence-electron chi connectivity index (χ0n) is 12.0. The molecule has 0 aromatic heterocycles. The number of methoxy groups -OCH3 is 1. The summed E-state index contributed by atoms with van der Waals surface area (Å²) in [5, 5.41) is 0. The van der Waals surface area contributed by atoms with Gasteiger partial charge in [0.05, 0.1) is 20.3 Å². The molecule has 1 aliphatic rings. The van der Waals surface area contributed by atoms with Gasteiger partial charge in [0.1, 0.15) is 5.75 Å². The molecule has 2 aromatic rings. The van der Waals surface area contributed by atoms with Crippen LogP contribution in [-0.4, -0.2) is 20.3 Å². The summed E-state index contributed by atoms with van der Waals surface area (Å²) < 4.78 is 16.9. The van der Waals surface area contributed by atoms with Gasteiger partial charge in [-0.3, -0.25) is 0 Å². The maximum absolute atomic E-state index is 5.86. The van der Waals surface area contributed by atoms with E-state index in [0.717, 1.165) is 16.9 Å². The van der Waals surface area contributed by atoms with Gasteiger partial charge in [0.15, 0.2) is 0 Å². The van der Waals surface area contributed by atoms with Crippen LogP contribution in [0.2, 0.25) is 0 Å². The molecule has 0 unspecified atom stereocenters. The predicted molar refractivity (Wildman–Crippen MR) is 82.1 cm³/mol. The Labute approximate surface area is 124 Å². The fraction of sp³-hybridized carbons (Fsp3) is 0.222. The zero-order chi connectivity index (χ0) is 14.5. The molecule has 0 bridgehead atoms. The molecule has 108 valence electrons. The van der Waals surface area contributed by atoms with Gasteiger partial charge in [-0.25, -0.2) is 0 Å². The van der Waals surface area contributed by atoms with Crippen molar-refractivity contribution in [2.45, 2.75) is 5.79 Å². The molecule has 0 N–H and O–H groups in total. The van der Waals surface area contributed by atoms with Crippen LogP contribution < -0.4 is 4.74 Å². The predicted octanol–water partition coefficient (Wildman–Crippen LogP) is 3.61. The SMILES string of the molecule is COc1ccc(/C=C/C2(c3ccccc3)OCCO2)cc1. The van der Waals surface area contributed by atoms with Crippen LogP contribution in [0.25, 0.3) is 6.08 Å². The minimum absolute atomic E-state index is 0.599. The van der Waals surface area contributed by atoms with E-state index in [1.54, 1.807) is 7.11 Å². The molecule has 1 fully saturated rings. The third-order valence-corrected chi connectivity index (χ3v) is 3.50. The number of hydrogen-bond donors (Lipinski definition) is 0. The third-order valence-electron chi connectivity index (χ3n) is 3.50. The van der Waals surface area contributed by atoms with E-state index in [-0.39, 0.29) is 0 Å². The van der Waals surface area contributed by atoms with E-state index < -0.39 is 5.79 Å². The van der Waals surface area contributed by atoms with Crippen molar-refractivity contribution < 1.29 is 14.2 Å². The summed E-state index contributed by atoms with van der Waals surface area (Å²) in [4.78, 5) is 0. The molecule has 0 aliphatic carbocycles. The molecule has 21 heavy (non-hydrogen) atoms. The normalized spacial score (nSPS) is 17.2. The molecule has 1 aliphatic heterocycles. The maximum Gasteiger partial charge on any atom is 0.215 e. The van der Waals surface area contributed by atoms with Crippen molar-refractivity contribution in [1.82, 2.24) is 0 Å². The average molecular weight is 282 g/mol. The minimum atomic E-state index is -0.777. The Kier molecular flexibility index (Phi) is 4.04. The van der Waals surface area contributed by atoms with Gasteiger partial charge in [-0.2, -0.15) is 0 Å². The number of ether oxygens (including phenoxy) is 3. The highest BCUT2D eigenvalue weighted by Crippen LogP contribution is 2.33. The average Bonchev–Trinajstić information content (AvgIpc) is 3.04. The molecular formula is C18H18O3. The fourth-order valence-electron chi connectivity index (χ4n) is 2.38. The molecule has 0 atom stereocenters. The van der Waals surface area contributed by atoms with E-state index in [4.69, 9.17) is 14.2 Å². The Morgan fingerprint density at radius 1 is 0.952 bits per heavy atom. The van der Waals surface area contributed by atoms with Crippen molar-refractivity contribution in [3.8, 4) is 5.75 Å². The Bertz CT molecular complexity index is 596. The monoisotopic (exact) mass is 282 g/mol. The van der Waals surface area contributed by atoms with Gasteiger partial charge in [0.25, 0.3) is 0 Å². The molecule has 0 amide bonds. The zero-order valence-corrected chi connectivity index (χ0v) is 12.0. The van der Waals surface area contributed by atoms with Crippen LogP contribution in [-0.2, 0) is 15.3 Å². The van der Waals surface area contributed by atoms with Crippen LogP contribution >= 0.6 is 0 Å². The van der Waals surface area contributed by atoms with Crippen LogP contribution in [0.15, 0.2) is 60.7 Å². The lowest BCUT2D eigenvalue weighted by Crippen LogP contribution is -2.24. The summed E-state index contributed by atoms with van der Waals surface area (Å²) in [6, 6.07) is 17.9. The minimum Gasteiger partial charge on any atom is -0.497 e.